The number of hydrogen-bond donors (Lipinski definition) is 0. The monoisotopic (exact) mass is 122 g/mol. The highest BCUT2D eigenvalue weighted by Gasteiger charge is 1.81. The Bertz CT molecular complexity index is 22.8. The first-order valence-corrected chi connectivity index (χ1v) is 4.77. The van der Waals surface area contributed by atoms with E-state index in [1.165, 1.54) is 0 Å². The molecule has 0 saturated carbocycles. The van der Waals surface area contributed by atoms with Crippen molar-refractivity contribution in [2.75, 3.05) is 6.61 Å². The molecule has 0 aromatic carbocycles. The maximum absolute atomic E-state index is 5.30. The Morgan fingerprint density at radius 3 is 2.67 bits per heavy atom. The summed E-state index contributed by atoms with van der Waals surface area (Å²) in [6.07, 6.45) is 1.08. The van der Waals surface area contributed by atoms with Crippen LogP contribution in [0.25, 0.3) is 0 Å². The third-order valence-electron chi connectivity index (χ3n) is 0.426. The van der Waals surface area contributed by atoms with Gasteiger partial charge in [-0.3, -0.25) is 0 Å². The minimum Gasteiger partial charge on any atom is -0.492 e. The molecule has 1 nitrogen and oxygen atoms in total. The van der Waals surface area contributed by atoms with Crippen LogP contribution in [-0.2, 0) is 3.79 Å². The van der Waals surface area contributed by atoms with Crippen LogP contribution in [-0.4, -0.2) is 21.2 Å². The second-order valence-corrected chi connectivity index (χ2v) is 2.30. The molecule has 0 rings (SSSR count). The average molecular weight is 123 g/mol. The van der Waals surface area contributed by atoms with E-state index in [0.717, 1.165) is 13.0 Å². The molecule has 0 unspecified atom stereocenters. The lowest BCUT2D eigenvalue weighted by Crippen LogP contribution is -1.90. The molecule has 0 fully saturated rings. The van der Waals surface area contributed by atoms with E-state index in [1.54, 1.807) is 0 Å². The molecule has 0 spiro atoms. The molecule has 0 aromatic rings. The molecule has 0 amide bonds. The largest absolute Gasteiger partial charge is 0.566 e. The van der Waals surface area contributed by atoms with E-state index in [-0.39, 0.29) is 0 Å². The lowest BCUT2D eigenvalue weighted by atomic mass is 10.5. The maximum Gasteiger partial charge on any atom is 0.566 e. The third kappa shape index (κ3) is 4.78. The predicted molar refractivity (Wildman–Crippen MR) is 29.2 cm³/mol. The normalized spacial score (nSPS) is 8.33. The van der Waals surface area contributed by atoms with E-state index >= 15 is 0 Å². The molecule has 0 saturated heterocycles. The molecule has 0 aliphatic heterocycles. The van der Waals surface area contributed by atoms with E-state index in [4.69, 9.17) is 13.8 Å². The van der Waals surface area contributed by atoms with Gasteiger partial charge in [-0.2, -0.15) is 0 Å². The smallest absolute Gasteiger partial charge is 0.492 e. The van der Waals surface area contributed by atoms with Crippen molar-refractivity contribution in [3.05, 3.63) is 0 Å². The molecule has 36 valence electrons. The summed E-state index contributed by atoms with van der Waals surface area (Å²) in [6, 6.07) is 0. The highest BCUT2D eigenvalue weighted by molar-refractivity contribution is 6.89. The zero-order valence-corrected chi connectivity index (χ0v) is 6.08. The summed E-state index contributed by atoms with van der Waals surface area (Å²) in [7, 11) is 5.30. The standard InChI is InChI=1S/C3H7O.Al.ClH.H/c1-2-3-4;;;/h2-3H2,1H3;;1H;/q-1;+2;;/p-1. The SMILES string of the molecule is CCC[O][AlH][Cl]. The first-order chi connectivity index (χ1) is 2.91. The highest BCUT2D eigenvalue weighted by atomic mass is 35.6. The van der Waals surface area contributed by atoms with Crippen LogP contribution in [0.3, 0.4) is 0 Å². The number of hydrogen-bond acceptors (Lipinski definition) is 1. The highest BCUT2D eigenvalue weighted by Crippen LogP contribution is 1.77. The van der Waals surface area contributed by atoms with Gasteiger partial charge in [-0.15, -0.1) is 0 Å². The van der Waals surface area contributed by atoms with Gasteiger partial charge in [0.1, 0.15) is 0 Å². The Morgan fingerprint density at radius 2 is 2.50 bits per heavy atom. The Hall–Kier alpha value is 0.782. The van der Waals surface area contributed by atoms with Crippen LogP contribution in [0.5, 0.6) is 0 Å². The van der Waals surface area contributed by atoms with Gasteiger partial charge in [0.25, 0.3) is 0 Å². The lowest BCUT2D eigenvalue weighted by molar-refractivity contribution is 0.345. The van der Waals surface area contributed by atoms with Crippen LogP contribution in [0.15, 0.2) is 0 Å². The van der Waals surface area contributed by atoms with Crippen LogP contribution >= 0.6 is 10.0 Å². The van der Waals surface area contributed by atoms with Gasteiger partial charge in [0.15, 0.2) is 0 Å². The molecule has 0 aliphatic carbocycles. The van der Waals surface area contributed by atoms with Gasteiger partial charge in [0.2, 0.25) is 0 Å². The van der Waals surface area contributed by atoms with Crippen LogP contribution in [0.1, 0.15) is 13.3 Å². The van der Waals surface area contributed by atoms with Gasteiger partial charge in [-0.05, 0) is 6.42 Å². The summed E-state index contributed by atoms with van der Waals surface area (Å²) < 4.78 is 4.89. The fraction of sp³-hybridized carbons (Fsp3) is 1.00. The Kier molecular flexibility index (Phi) is 6.54. The molecule has 0 N–H and O–H groups in total. The van der Waals surface area contributed by atoms with Crippen molar-refractivity contribution in [3.63, 3.8) is 0 Å². The molecule has 3 heteroatoms. The summed E-state index contributed by atoms with van der Waals surface area (Å²) in [6.45, 7) is 2.91. The average Bonchev–Trinajstić information content (AvgIpc) is 1.61. The minimum atomic E-state index is -0.625. The fourth-order valence-electron chi connectivity index (χ4n) is 0.199. The van der Waals surface area contributed by atoms with Crippen molar-refractivity contribution in [2.45, 2.75) is 13.3 Å². The van der Waals surface area contributed by atoms with Crippen molar-refractivity contribution in [2.24, 2.45) is 0 Å². The molecule has 0 aromatic heterocycles. The van der Waals surface area contributed by atoms with Crippen molar-refractivity contribution < 1.29 is 3.79 Å². The molecule has 0 heterocycles. The van der Waals surface area contributed by atoms with E-state index in [1.807, 2.05) is 0 Å². The van der Waals surface area contributed by atoms with Gasteiger partial charge in [-0.25, -0.2) is 10.0 Å². The topological polar surface area (TPSA) is 9.23 Å². The number of halogens is 1. The molecular weight excluding hydrogens is 114 g/mol. The second kappa shape index (κ2) is 5.78. The first kappa shape index (κ1) is 6.78. The first-order valence-electron chi connectivity index (χ1n) is 2.05. The number of rotatable bonds is 3. The van der Waals surface area contributed by atoms with E-state index in [0.29, 0.717) is 0 Å². The Balaban J connectivity index is 2.34. The summed E-state index contributed by atoms with van der Waals surface area (Å²) in [5, 5.41) is 0. The molecular formula is C3H8AlClO. The van der Waals surface area contributed by atoms with Crippen LogP contribution < -0.4 is 0 Å². The van der Waals surface area contributed by atoms with Crippen molar-refractivity contribution in [1.82, 2.24) is 0 Å². The summed E-state index contributed by atoms with van der Waals surface area (Å²) in [5.74, 6) is 0. The quantitative estimate of drug-likeness (QED) is 0.400. The van der Waals surface area contributed by atoms with Crippen molar-refractivity contribution in [3.8, 4) is 0 Å². The Morgan fingerprint density at radius 1 is 1.83 bits per heavy atom. The van der Waals surface area contributed by atoms with Gasteiger partial charge in [-0.1, -0.05) is 6.92 Å². The van der Waals surface area contributed by atoms with Crippen molar-refractivity contribution in [1.29, 1.82) is 0 Å². The van der Waals surface area contributed by atoms with Crippen molar-refractivity contribution >= 4 is 24.7 Å². The van der Waals surface area contributed by atoms with E-state index < -0.39 is 14.6 Å². The summed E-state index contributed by atoms with van der Waals surface area (Å²) in [4.78, 5) is 0. The molecule has 0 atom stereocenters. The van der Waals surface area contributed by atoms with Gasteiger partial charge < -0.3 is 3.79 Å². The molecule has 0 radical (unpaired) electrons. The van der Waals surface area contributed by atoms with Gasteiger partial charge in [0, 0.05) is 6.61 Å². The molecule has 6 heavy (non-hydrogen) atoms. The van der Waals surface area contributed by atoms with Crippen LogP contribution in [0.4, 0.5) is 0 Å². The van der Waals surface area contributed by atoms with E-state index in [9.17, 15) is 0 Å². The van der Waals surface area contributed by atoms with Crippen LogP contribution in [0.2, 0.25) is 0 Å². The maximum atomic E-state index is 5.30. The lowest BCUT2D eigenvalue weighted by Gasteiger charge is -1.90. The Labute approximate surface area is 48.9 Å². The molecule has 0 bridgehead atoms. The second-order valence-electron chi connectivity index (χ2n) is 1.02. The zero-order chi connectivity index (χ0) is 4.83. The summed E-state index contributed by atoms with van der Waals surface area (Å²) >= 11 is -0.625. The fourth-order valence-corrected chi connectivity index (χ4v) is 0.924. The van der Waals surface area contributed by atoms with E-state index in [2.05, 4.69) is 6.92 Å². The predicted octanol–water partition coefficient (Wildman–Crippen LogP) is 0.918. The van der Waals surface area contributed by atoms with Gasteiger partial charge >= 0.3 is 14.6 Å². The summed E-state index contributed by atoms with van der Waals surface area (Å²) in [5.41, 5.74) is 0. The zero-order valence-electron chi connectivity index (χ0n) is 3.91. The van der Waals surface area contributed by atoms with Gasteiger partial charge in [0.05, 0.1) is 0 Å². The molecule has 0 aliphatic rings. The third-order valence-corrected chi connectivity index (χ3v) is 1.33. The minimum absolute atomic E-state index is 0.625. The van der Waals surface area contributed by atoms with Crippen LogP contribution in [0, 0.1) is 0 Å².